The largest absolute Gasteiger partial charge is 0.480 e. The van der Waals surface area contributed by atoms with E-state index in [4.69, 9.17) is 10.8 Å². The first kappa shape index (κ1) is 15.1. The number of nitrogens with one attached hydrogen (secondary N) is 1. The van der Waals surface area contributed by atoms with Crippen LogP contribution in [0.25, 0.3) is 0 Å². The molecule has 1 atom stereocenters. The summed E-state index contributed by atoms with van der Waals surface area (Å²) < 4.78 is 1.18. The van der Waals surface area contributed by atoms with Gasteiger partial charge in [-0.05, 0) is 0 Å². The monoisotopic (exact) mass is 284 g/mol. The first-order chi connectivity index (χ1) is 9.22. The standard InChI is InChI=1S/C10H12N4O6/c1-13-4-5(14(19)20)2-7(13)9(16)12-6(10(17)18)3-8(11)15/h2,4,6H,3H2,1H3,(H2,11,15)(H,12,16)(H,17,18)/t6-/m1/s1. The normalized spacial score (nSPS) is 11.7. The third-order valence-electron chi connectivity index (χ3n) is 2.44. The molecule has 0 aromatic carbocycles. The zero-order chi connectivity index (χ0) is 15.4. The maximum absolute atomic E-state index is 11.8. The fourth-order valence-corrected chi connectivity index (χ4v) is 1.51. The Hall–Kier alpha value is -2.91. The number of aromatic nitrogens is 1. The minimum atomic E-state index is -1.49. The van der Waals surface area contributed by atoms with Crippen molar-refractivity contribution in [2.24, 2.45) is 12.8 Å². The number of hydrogen-bond acceptors (Lipinski definition) is 5. The highest BCUT2D eigenvalue weighted by Crippen LogP contribution is 2.15. The average Bonchev–Trinajstić information content (AvgIpc) is 2.69. The molecule has 0 saturated carbocycles. The Kier molecular flexibility index (Phi) is 4.41. The lowest BCUT2D eigenvalue weighted by molar-refractivity contribution is -0.384. The van der Waals surface area contributed by atoms with Gasteiger partial charge in [0.2, 0.25) is 5.91 Å². The van der Waals surface area contributed by atoms with Crippen LogP contribution in [0.4, 0.5) is 5.69 Å². The highest BCUT2D eigenvalue weighted by Gasteiger charge is 2.25. The Balaban J connectivity index is 2.91. The molecule has 108 valence electrons. The number of carbonyl (C=O) groups is 3. The number of nitrogens with two attached hydrogens (primary N) is 1. The molecule has 10 heteroatoms. The van der Waals surface area contributed by atoms with E-state index in [0.717, 1.165) is 12.3 Å². The van der Waals surface area contributed by atoms with Gasteiger partial charge >= 0.3 is 5.97 Å². The van der Waals surface area contributed by atoms with Crippen molar-refractivity contribution in [2.75, 3.05) is 0 Å². The molecule has 1 heterocycles. The molecule has 0 aliphatic heterocycles. The van der Waals surface area contributed by atoms with Crippen LogP contribution in [0.15, 0.2) is 12.3 Å². The molecule has 1 rings (SSSR count). The van der Waals surface area contributed by atoms with Crippen LogP contribution in [0, 0.1) is 10.1 Å². The highest BCUT2D eigenvalue weighted by molar-refractivity contribution is 5.97. The SMILES string of the molecule is Cn1cc([N+](=O)[O-])cc1C(=O)N[C@H](CC(N)=O)C(=O)O. The lowest BCUT2D eigenvalue weighted by Gasteiger charge is -2.12. The van der Waals surface area contributed by atoms with Crippen LogP contribution in [0.2, 0.25) is 0 Å². The topological polar surface area (TPSA) is 158 Å². The van der Waals surface area contributed by atoms with Gasteiger partial charge < -0.3 is 20.7 Å². The second-order valence-corrected chi connectivity index (χ2v) is 3.99. The van der Waals surface area contributed by atoms with E-state index in [2.05, 4.69) is 5.32 Å². The molecule has 20 heavy (non-hydrogen) atoms. The zero-order valence-electron chi connectivity index (χ0n) is 10.4. The fraction of sp³-hybridized carbons (Fsp3) is 0.300. The number of nitro groups is 1. The zero-order valence-corrected chi connectivity index (χ0v) is 10.4. The summed E-state index contributed by atoms with van der Waals surface area (Å²) >= 11 is 0. The summed E-state index contributed by atoms with van der Waals surface area (Å²) in [5, 5.41) is 21.5. The molecule has 10 nitrogen and oxygen atoms in total. The predicted molar refractivity (Wildman–Crippen MR) is 64.8 cm³/mol. The summed E-state index contributed by atoms with van der Waals surface area (Å²) in [5.41, 5.74) is 4.46. The molecule has 1 aromatic heterocycles. The molecule has 1 aromatic rings. The summed E-state index contributed by atoms with van der Waals surface area (Å²) in [6.07, 6.45) is 0.534. The molecule has 2 amide bonds. The number of carboxylic acids is 1. The van der Waals surface area contributed by atoms with Crippen molar-refractivity contribution in [1.29, 1.82) is 0 Å². The van der Waals surface area contributed by atoms with Gasteiger partial charge in [-0.25, -0.2) is 4.79 Å². The predicted octanol–water partition coefficient (Wildman–Crippen LogP) is -1.01. The Morgan fingerprint density at radius 1 is 1.55 bits per heavy atom. The first-order valence-corrected chi connectivity index (χ1v) is 5.35. The molecule has 0 spiro atoms. The maximum Gasteiger partial charge on any atom is 0.326 e. The number of nitrogens with zero attached hydrogens (tertiary/aromatic N) is 2. The number of aliphatic carboxylic acids is 1. The van der Waals surface area contributed by atoms with Crippen LogP contribution in [0.1, 0.15) is 16.9 Å². The van der Waals surface area contributed by atoms with Crippen molar-refractivity contribution in [1.82, 2.24) is 9.88 Å². The van der Waals surface area contributed by atoms with Gasteiger partial charge in [0.15, 0.2) is 0 Å². The van der Waals surface area contributed by atoms with Crippen molar-refractivity contribution in [3.63, 3.8) is 0 Å². The molecule has 0 radical (unpaired) electrons. The first-order valence-electron chi connectivity index (χ1n) is 5.35. The second-order valence-electron chi connectivity index (χ2n) is 3.99. The van der Waals surface area contributed by atoms with Gasteiger partial charge in [0.1, 0.15) is 11.7 Å². The fourth-order valence-electron chi connectivity index (χ4n) is 1.51. The Morgan fingerprint density at radius 2 is 2.15 bits per heavy atom. The van der Waals surface area contributed by atoms with E-state index in [-0.39, 0.29) is 11.4 Å². The van der Waals surface area contributed by atoms with Crippen molar-refractivity contribution >= 4 is 23.5 Å². The molecule has 0 saturated heterocycles. The molecule has 0 aliphatic carbocycles. The van der Waals surface area contributed by atoms with Crippen LogP contribution < -0.4 is 11.1 Å². The summed E-state index contributed by atoms with van der Waals surface area (Å²) in [6.45, 7) is 0. The van der Waals surface area contributed by atoms with Crippen LogP contribution in [0.3, 0.4) is 0 Å². The van der Waals surface area contributed by atoms with Gasteiger partial charge in [-0.1, -0.05) is 0 Å². The molecule has 0 bridgehead atoms. The molecule has 0 fully saturated rings. The van der Waals surface area contributed by atoms with Crippen LogP contribution in [-0.4, -0.2) is 38.4 Å². The maximum atomic E-state index is 11.8. The third kappa shape index (κ3) is 3.54. The van der Waals surface area contributed by atoms with Crippen LogP contribution in [0.5, 0.6) is 0 Å². The number of primary amides is 1. The van der Waals surface area contributed by atoms with Crippen molar-refractivity contribution in [2.45, 2.75) is 12.5 Å². The lowest BCUT2D eigenvalue weighted by Crippen LogP contribution is -2.43. The smallest absolute Gasteiger partial charge is 0.326 e. The third-order valence-corrected chi connectivity index (χ3v) is 2.44. The van der Waals surface area contributed by atoms with Gasteiger partial charge in [0.05, 0.1) is 17.5 Å². The van der Waals surface area contributed by atoms with Gasteiger partial charge in [-0.3, -0.25) is 19.7 Å². The van der Waals surface area contributed by atoms with Gasteiger partial charge in [0.25, 0.3) is 11.6 Å². The van der Waals surface area contributed by atoms with Gasteiger partial charge in [0, 0.05) is 13.1 Å². The van der Waals surface area contributed by atoms with Gasteiger partial charge in [-0.2, -0.15) is 0 Å². The molecule has 0 aliphatic rings. The van der Waals surface area contributed by atoms with E-state index in [0.29, 0.717) is 0 Å². The van der Waals surface area contributed by atoms with E-state index < -0.39 is 35.2 Å². The highest BCUT2D eigenvalue weighted by atomic mass is 16.6. The minimum Gasteiger partial charge on any atom is -0.480 e. The van der Waals surface area contributed by atoms with Crippen LogP contribution in [-0.2, 0) is 16.6 Å². The number of amides is 2. The van der Waals surface area contributed by atoms with E-state index in [1.807, 2.05) is 0 Å². The Bertz CT molecular complexity index is 578. The average molecular weight is 284 g/mol. The number of aryl methyl sites for hydroxylation is 1. The number of hydrogen-bond donors (Lipinski definition) is 3. The van der Waals surface area contributed by atoms with Crippen molar-refractivity contribution in [3.8, 4) is 0 Å². The van der Waals surface area contributed by atoms with Crippen LogP contribution >= 0.6 is 0 Å². The van der Waals surface area contributed by atoms with Gasteiger partial charge in [-0.15, -0.1) is 0 Å². The number of carboxylic acid groups (broad SMARTS) is 1. The minimum absolute atomic E-state index is 0.104. The Morgan fingerprint density at radius 3 is 2.55 bits per heavy atom. The summed E-state index contributed by atoms with van der Waals surface area (Å²) in [7, 11) is 1.39. The number of carbonyl (C=O) groups excluding carboxylic acids is 2. The van der Waals surface area contributed by atoms with E-state index in [1.54, 1.807) is 0 Å². The number of rotatable bonds is 6. The molecule has 0 unspecified atom stereocenters. The van der Waals surface area contributed by atoms with E-state index in [9.17, 15) is 24.5 Å². The second kappa shape index (κ2) is 5.82. The molecular formula is C10H12N4O6. The van der Waals surface area contributed by atoms with E-state index in [1.165, 1.54) is 11.6 Å². The molecule has 4 N–H and O–H groups in total. The summed E-state index contributed by atoms with van der Waals surface area (Å²) in [6, 6.07) is -0.493. The lowest BCUT2D eigenvalue weighted by atomic mass is 10.2. The van der Waals surface area contributed by atoms with Crippen molar-refractivity contribution in [3.05, 3.63) is 28.1 Å². The van der Waals surface area contributed by atoms with Crippen molar-refractivity contribution < 1.29 is 24.4 Å². The molecular weight excluding hydrogens is 272 g/mol. The summed E-state index contributed by atoms with van der Waals surface area (Å²) in [5.74, 6) is -3.18. The summed E-state index contributed by atoms with van der Waals surface area (Å²) in [4.78, 5) is 43.3. The van der Waals surface area contributed by atoms with E-state index >= 15 is 0 Å². The quantitative estimate of drug-likeness (QED) is 0.448. The Labute approximate surface area is 112 Å².